The van der Waals surface area contributed by atoms with Gasteiger partial charge in [-0.05, 0) is 46.0 Å². The van der Waals surface area contributed by atoms with Crippen LogP contribution in [0.15, 0.2) is 47.2 Å². The van der Waals surface area contributed by atoms with Crippen molar-refractivity contribution in [2.24, 2.45) is 5.92 Å². The predicted octanol–water partition coefficient (Wildman–Crippen LogP) is 4.71. The minimum atomic E-state index is -4.42. The molecule has 0 radical (unpaired) electrons. The summed E-state index contributed by atoms with van der Waals surface area (Å²) in [5, 5.41) is 0. The average molecular weight is 400 g/mol. The molecule has 1 aromatic carbocycles. The summed E-state index contributed by atoms with van der Waals surface area (Å²) in [5.74, 6) is -1.43. The Balaban J connectivity index is 1.64. The molecule has 2 unspecified atom stereocenters. The van der Waals surface area contributed by atoms with E-state index in [1.165, 1.54) is 12.1 Å². The lowest BCUT2D eigenvalue weighted by Crippen LogP contribution is -2.11. The highest BCUT2D eigenvalue weighted by Crippen LogP contribution is 2.51. The number of esters is 1. The van der Waals surface area contributed by atoms with Crippen molar-refractivity contribution in [3.8, 4) is 0 Å². The Morgan fingerprint density at radius 3 is 2.75 bits per heavy atom. The van der Waals surface area contributed by atoms with Crippen molar-refractivity contribution in [1.82, 2.24) is 4.98 Å². The van der Waals surface area contributed by atoms with E-state index < -0.39 is 29.5 Å². The van der Waals surface area contributed by atoms with Crippen molar-refractivity contribution in [3.05, 3.63) is 63.9 Å². The van der Waals surface area contributed by atoms with Crippen LogP contribution in [0.25, 0.3) is 0 Å². The Bertz CT molecular complexity index is 763. The zero-order chi connectivity index (χ0) is 17.3. The van der Waals surface area contributed by atoms with Crippen molar-refractivity contribution in [2.45, 2.75) is 25.1 Å². The van der Waals surface area contributed by atoms with Crippen LogP contribution in [0.3, 0.4) is 0 Å². The van der Waals surface area contributed by atoms with Gasteiger partial charge in [0.25, 0.3) is 0 Å². The molecular weight excluding hydrogens is 387 g/mol. The van der Waals surface area contributed by atoms with E-state index in [0.29, 0.717) is 12.0 Å². The maximum absolute atomic E-state index is 13.0. The number of rotatable bonds is 4. The molecule has 3 rings (SSSR count). The van der Waals surface area contributed by atoms with Gasteiger partial charge in [0.1, 0.15) is 6.61 Å². The summed E-state index contributed by atoms with van der Waals surface area (Å²) in [5.41, 5.74) is 0.197. The fourth-order valence-electron chi connectivity index (χ4n) is 2.67. The molecule has 2 atom stereocenters. The van der Waals surface area contributed by atoms with Gasteiger partial charge in [0.05, 0.1) is 11.5 Å². The first-order valence-electron chi connectivity index (χ1n) is 7.28. The summed E-state index contributed by atoms with van der Waals surface area (Å²) >= 11 is 3.27. The third-order valence-electron chi connectivity index (χ3n) is 3.90. The van der Waals surface area contributed by atoms with Gasteiger partial charge in [-0.25, -0.2) is 0 Å². The number of hydrogen-bond donors (Lipinski definition) is 0. The highest BCUT2D eigenvalue weighted by atomic mass is 79.9. The van der Waals surface area contributed by atoms with Crippen LogP contribution in [-0.2, 0) is 22.3 Å². The summed E-state index contributed by atoms with van der Waals surface area (Å²) in [6.45, 7) is 0.0510. The SMILES string of the molecule is O=C(OCc1cncc(Br)c1)C1CC1c1ccccc1C(F)(F)F. The lowest BCUT2D eigenvalue weighted by atomic mass is 10.0. The number of hydrogen-bond acceptors (Lipinski definition) is 3. The van der Waals surface area contributed by atoms with E-state index >= 15 is 0 Å². The van der Waals surface area contributed by atoms with Crippen LogP contribution in [0, 0.1) is 5.92 Å². The maximum atomic E-state index is 13.0. The van der Waals surface area contributed by atoms with Gasteiger partial charge in [0.2, 0.25) is 0 Å². The number of carbonyl (C=O) groups excluding carboxylic acids is 1. The Morgan fingerprint density at radius 1 is 1.29 bits per heavy atom. The Labute approximate surface area is 145 Å². The van der Waals surface area contributed by atoms with Gasteiger partial charge < -0.3 is 4.74 Å². The quantitative estimate of drug-likeness (QED) is 0.698. The van der Waals surface area contributed by atoms with Crippen LogP contribution in [0.2, 0.25) is 0 Å². The first-order chi connectivity index (χ1) is 11.4. The topological polar surface area (TPSA) is 39.2 Å². The highest BCUT2D eigenvalue weighted by Gasteiger charge is 2.48. The third kappa shape index (κ3) is 3.77. The Morgan fingerprint density at radius 2 is 2.04 bits per heavy atom. The molecule has 3 nitrogen and oxygen atoms in total. The molecule has 2 aromatic rings. The first kappa shape index (κ1) is 17.0. The second-order valence-electron chi connectivity index (χ2n) is 5.65. The second kappa shape index (κ2) is 6.55. The van der Waals surface area contributed by atoms with Gasteiger partial charge >= 0.3 is 12.1 Å². The molecule has 0 aliphatic heterocycles. The normalized spacial score (nSPS) is 19.8. The lowest BCUT2D eigenvalue weighted by Gasteiger charge is -2.12. The van der Waals surface area contributed by atoms with Gasteiger partial charge in [-0.3, -0.25) is 9.78 Å². The molecule has 24 heavy (non-hydrogen) atoms. The highest BCUT2D eigenvalue weighted by molar-refractivity contribution is 9.10. The van der Waals surface area contributed by atoms with Crippen molar-refractivity contribution >= 4 is 21.9 Å². The van der Waals surface area contributed by atoms with E-state index in [9.17, 15) is 18.0 Å². The van der Waals surface area contributed by atoms with Crippen LogP contribution >= 0.6 is 15.9 Å². The molecule has 1 aliphatic carbocycles. The van der Waals surface area contributed by atoms with Gasteiger partial charge in [-0.15, -0.1) is 0 Å². The number of halogens is 4. The van der Waals surface area contributed by atoms with Crippen molar-refractivity contribution < 1.29 is 22.7 Å². The van der Waals surface area contributed by atoms with E-state index in [-0.39, 0.29) is 12.2 Å². The fraction of sp³-hybridized carbons (Fsp3) is 0.294. The van der Waals surface area contributed by atoms with Crippen LogP contribution in [0.5, 0.6) is 0 Å². The molecule has 0 bridgehead atoms. The summed E-state index contributed by atoms with van der Waals surface area (Å²) in [6.07, 6.45) is -0.865. The minimum absolute atomic E-state index is 0.0510. The van der Waals surface area contributed by atoms with Gasteiger partial charge in [-0.1, -0.05) is 18.2 Å². The molecule has 1 aliphatic rings. The summed E-state index contributed by atoms with van der Waals surface area (Å²) in [7, 11) is 0. The zero-order valence-electron chi connectivity index (χ0n) is 12.4. The van der Waals surface area contributed by atoms with Crippen LogP contribution in [-0.4, -0.2) is 11.0 Å². The maximum Gasteiger partial charge on any atom is 0.416 e. The van der Waals surface area contributed by atoms with E-state index in [1.54, 1.807) is 24.5 Å². The van der Waals surface area contributed by atoms with Crippen molar-refractivity contribution in [2.75, 3.05) is 0 Å². The average Bonchev–Trinajstić information content (AvgIpc) is 3.32. The smallest absolute Gasteiger partial charge is 0.416 e. The second-order valence-corrected chi connectivity index (χ2v) is 6.57. The summed E-state index contributed by atoms with van der Waals surface area (Å²) in [4.78, 5) is 16.0. The monoisotopic (exact) mass is 399 g/mol. The van der Waals surface area contributed by atoms with Crippen molar-refractivity contribution in [1.29, 1.82) is 0 Å². The number of aromatic nitrogens is 1. The van der Waals surface area contributed by atoms with Crippen LogP contribution in [0.4, 0.5) is 13.2 Å². The number of nitrogens with zero attached hydrogens (tertiary/aromatic N) is 1. The number of ether oxygens (including phenoxy) is 1. The van der Waals surface area contributed by atoms with Gasteiger partial charge in [-0.2, -0.15) is 13.2 Å². The predicted molar refractivity (Wildman–Crippen MR) is 84.0 cm³/mol. The molecule has 1 saturated carbocycles. The molecule has 1 heterocycles. The summed E-state index contributed by atoms with van der Waals surface area (Å²) < 4.78 is 45.1. The molecule has 0 spiro atoms. The van der Waals surface area contributed by atoms with Crippen LogP contribution in [0.1, 0.15) is 29.0 Å². The van der Waals surface area contributed by atoms with Crippen molar-refractivity contribution in [3.63, 3.8) is 0 Å². The zero-order valence-corrected chi connectivity index (χ0v) is 14.0. The fourth-order valence-corrected chi connectivity index (χ4v) is 3.09. The molecule has 0 amide bonds. The molecule has 1 fully saturated rings. The van der Waals surface area contributed by atoms with Gasteiger partial charge in [0.15, 0.2) is 0 Å². The number of alkyl halides is 3. The van der Waals surface area contributed by atoms with Crippen LogP contribution < -0.4 is 0 Å². The Kier molecular flexibility index (Phi) is 4.62. The molecule has 0 N–H and O–H groups in total. The minimum Gasteiger partial charge on any atom is -0.461 e. The number of pyridine rings is 1. The Hall–Kier alpha value is -1.89. The largest absolute Gasteiger partial charge is 0.461 e. The molecule has 7 heteroatoms. The number of benzene rings is 1. The molecule has 1 aromatic heterocycles. The summed E-state index contributed by atoms with van der Waals surface area (Å²) in [6, 6.07) is 7.15. The standard InChI is InChI=1S/C17H13BrF3NO2/c18-11-5-10(7-22-8-11)9-24-16(23)14-6-13(14)12-3-1-2-4-15(12)17(19,20)21/h1-5,7-8,13-14H,6,9H2. The van der Waals surface area contributed by atoms with E-state index in [2.05, 4.69) is 20.9 Å². The lowest BCUT2D eigenvalue weighted by molar-refractivity contribution is -0.147. The molecule has 126 valence electrons. The van der Waals surface area contributed by atoms with Gasteiger partial charge in [0, 0.05) is 22.4 Å². The first-order valence-corrected chi connectivity index (χ1v) is 8.08. The molecular formula is C17H13BrF3NO2. The van der Waals surface area contributed by atoms with E-state index in [0.717, 1.165) is 10.5 Å². The van der Waals surface area contributed by atoms with E-state index in [1.807, 2.05) is 0 Å². The van der Waals surface area contributed by atoms with E-state index in [4.69, 9.17) is 4.74 Å². The molecule has 0 saturated heterocycles. The third-order valence-corrected chi connectivity index (χ3v) is 4.34. The number of carbonyl (C=O) groups is 1.